The molecule has 0 aliphatic rings. The number of benzene rings is 1. The van der Waals surface area contributed by atoms with Gasteiger partial charge in [0.25, 0.3) is 0 Å². The van der Waals surface area contributed by atoms with Crippen molar-refractivity contribution in [3.8, 4) is 0 Å². The molecule has 72 valence electrons. The van der Waals surface area contributed by atoms with Crippen LogP contribution in [-0.2, 0) is 6.18 Å². The van der Waals surface area contributed by atoms with Crippen LogP contribution in [0.25, 0.3) is 0 Å². The van der Waals surface area contributed by atoms with Crippen LogP contribution in [0.5, 0.6) is 0 Å². The second-order valence-corrected chi connectivity index (χ2v) is 3.47. The van der Waals surface area contributed by atoms with Crippen molar-refractivity contribution in [2.24, 2.45) is 0 Å². The van der Waals surface area contributed by atoms with E-state index in [1.165, 1.54) is 0 Å². The Bertz CT molecular complexity index is 330. The van der Waals surface area contributed by atoms with Gasteiger partial charge >= 0.3 is 6.18 Å². The third-order valence-electron chi connectivity index (χ3n) is 1.61. The van der Waals surface area contributed by atoms with Gasteiger partial charge in [0.2, 0.25) is 0 Å². The summed E-state index contributed by atoms with van der Waals surface area (Å²) >= 11 is 2.80. The molecule has 0 aliphatic heterocycles. The average molecular weight is 257 g/mol. The summed E-state index contributed by atoms with van der Waals surface area (Å²) in [6.07, 6.45) is -4.51. The molecule has 0 N–H and O–H groups in total. The molecule has 0 radical (unpaired) electrons. The molecule has 1 aromatic rings. The van der Waals surface area contributed by atoms with Crippen LogP contribution in [0, 0.1) is 12.7 Å². The molecule has 0 fully saturated rings. The molecule has 0 aromatic heterocycles. The molecule has 1 rings (SSSR count). The predicted octanol–water partition coefficient (Wildman–Crippen LogP) is 3.92. The highest BCUT2D eigenvalue weighted by Crippen LogP contribution is 2.34. The summed E-state index contributed by atoms with van der Waals surface area (Å²) in [5.41, 5.74) is -1.32. The highest BCUT2D eigenvalue weighted by Gasteiger charge is 2.33. The topological polar surface area (TPSA) is 0 Å². The zero-order valence-electron chi connectivity index (χ0n) is 6.54. The van der Waals surface area contributed by atoms with Crippen molar-refractivity contribution < 1.29 is 17.6 Å². The van der Waals surface area contributed by atoms with Gasteiger partial charge in [0.15, 0.2) is 0 Å². The van der Waals surface area contributed by atoms with Crippen LogP contribution in [0.1, 0.15) is 11.1 Å². The van der Waals surface area contributed by atoms with E-state index in [0.29, 0.717) is 0 Å². The Morgan fingerprint density at radius 2 is 1.77 bits per heavy atom. The van der Waals surface area contributed by atoms with Gasteiger partial charge in [0.1, 0.15) is 5.82 Å². The average Bonchev–Trinajstić information content (AvgIpc) is 1.94. The highest BCUT2D eigenvalue weighted by molar-refractivity contribution is 9.10. The fourth-order valence-corrected chi connectivity index (χ4v) is 1.37. The molecule has 13 heavy (non-hydrogen) atoms. The van der Waals surface area contributed by atoms with Crippen molar-refractivity contribution >= 4 is 15.9 Å². The van der Waals surface area contributed by atoms with E-state index in [4.69, 9.17) is 0 Å². The Morgan fingerprint density at radius 1 is 1.23 bits per heavy atom. The smallest absolute Gasteiger partial charge is 0.207 e. The van der Waals surface area contributed by atoms with Gasteiger partial charge in [-0.2, -0.15) is 13.2 Å². The molecule has 0 atom stereocenters. The first-order valence-corrected chi connectivity index (χ1v) is 4.14. The molecule has 0 bridgehead atoms. The molecular formula is C8H5BrF4. The van der Waals surface area contributed by atoms with Gasteiger partial charge in [-0.25, -0.2) is 4.39 Å². The summed E-state index contributed by atoms with van der Waals surface area (Å²) in [5, 5.41) is 0. The second kappa shape index (κ2) is 3.29. The summed E-state index contributed by atoms with van der Waals surface area (Å²) in [5.74, 6) is -0.860. The van der Waals surface area contributed by atoms with E-state index in [1.807, 2.05) is 0 Å². The maximum Gasteiger partial charge on any atom is 0.416 e. The zero-order chi connectivity index (χ0) is 10.2. The lowest BCUT2D eigenvalue weighted by atomic mass is 10.1. The Kier molecular flexibility index (Phi) is 2.66. The largest absolute Gasteiger partial charge is 0.416 e. The summed E-state index contributed by atoms with van der Waals surface area (Å²) in [4.78, 5) is 0. The third-order valence-corrected chi connectivity index (χ3v) is 2.07. The summed E-state index contributed by atoms with van der Waals surface area (Å²) < 4.78 is 49.6. The summed E-state index contributed by atoms with van der Waals surface area (Å²) in [7, 11) is 0. The minimum atomic E-state index is -4.51. The van der Waals surface area contributed by atoms with E-state index in [-0.39, 0.29) is 10.0 Å². The summed E-state index contributed by atoms with van der Waals surface area (Å²) in [6.45, 7) is 1.10. The zero-order valence-corrected chi connectivity index (χ0v) is 8.13. The molecule has 0 saturated carbocycles. The Labute approximate surface area is 80.7 Å². The molecule has 0 aliphatic carbocycles. The molecule has 0 saturated heterocycles. The number of hydrogen-bond acceptors (Lipinski definition) is 0. The first-order chi connectivity index (χ1) is 5.82. The quantitative estimate of drug-likeness (QED) is 0.618. The molecule has 0 spiro atoms. The standard InChI is InChI=1S/C8H5BrF4/c1-4-6(8(11,12)13)2-5(9)3-7(4)10/h2-3H,1H3. The van der Waals surface area contributed by atoms with Gasteiger partial charge in [0.05, 0.1) is 5.56 Å². The van der Waals surface area contributed by atoms with Crippen LogP contribution in [0.3, 0.4) is 0 Å². The molecular weight excluding hydrogens is 252 g/mol. The maximum absolute atomic E-state index is 12.8. The van der Waals surface area contributed by atoms with E-state index < -0.39 is 17.6 Å². The van der Waals surface area contributed by atoms with E-state index in [1.54, 1.807) is 0 Å². The van der Waals surface area contributed by atoms with Crippen molar-refractivity contribution in [3.63, 3.8) is 0 Å². The van der Waals surface area contributed by atoms with E-state index >= 15 is 0 Å². The van der Waals surface area contributed by atoms with Crippen LogP contribution in [0.2, 0.25) is 0 Å². The van der Waals surface area contributed by atoms with Crippen LogP contribution >= 0.6 is 15.9 Å². The number of hydrogen-bond donors (Lipinski definition) is 0. The lowest BCUT2D eigenvalue weighted by molar-refractivity contribution is -0.138. The van der Waals surface area contributed by atoms with Gasteiger partial charge in [-0.1, -0.05) is 15.9 Å². The minimum Gasteiger partial charge on any atom is -0.207 e. The fourth-order valence-electron chi connectivity index (χ4n) is 0.940. The van der Waals surface area contributed by atoms with Crippen molar-refractivity contribution in [2.75, 3.05) is 0 Å². The van der Waals surface area contributed by atoms with Gasteiger partial charge in [0, 0.05) is 4.47 Å². The van der Waals surface area contributed by atoms with Crippen LogP contribution in [0.4, 0.5) is 17.6 Å². The molecule has 0 nitrogen and oxygen atoms in total. The Morgan fingerprint density at radius 3 is 2.23 bits per heavy atom. The number of halogens is 5. The van der Waals surface area contributed by atoms with Crippen molar-refractivity contribution in [1.82, 2.24) is 0 Å². The first kappa shape index (κ1) is 10.5. The van der Waals surface area contributed by atoms with E-state index in [9.17, 15) is 17.6 Å². The highest BCUT2D eigenvalue weighted by atomic mass is 79.9. The minimum absolute atomic E-state index is 0.0860. The van der Waals surface area contributed by atoms with Gasteiger partial charge in [-0.3, -0.25) is 0 Å². The van der Waals surface area contributed by atoms with Gasteiger partial charge in [-0.05, 0) is 24.6 Å². The van der Waals surface area contributed by atoms with Crippen LogP contribution < -0.4 is 0 Å². The van der Waals surface area contributed by atoms with Crippen molar-refractivity contribution in [3.05, 3.63) is 33.5 Å². The fraction of sp³-hybridized carbons (Fsp3) is 0.250. The van der Waals surface area contributed by atoms with E-state index in [0.717, 1.165) is 19.1 Å². The van der Waals surface area contributed by atoms with Gasteiger partial charge in [-0.15, -0.1) is 0 Å². The maximum atomic E-state index is 12.8. The molecule has 0 heterocycles. The van der Waals surface area contributed by atoms with Crippen LogP contribution in [0.15, 0.2) is 16.6 Å². The summed E-state index contributed by atoms with van der Waals surface area (Å²) in [6, 6.07) is 1.86. The number of rotatable bonds is 0. The predicted molar refractivity (Wildman–Crippen MR) is 43.8 cm³/mol. The van der Waals surface area contributed by atoms with E-state index in [2.05, 4.69) is 15.9 Å². The monoisotopic (exact) mass is 256 g/mol. The normalized spacial score (nSPS) is 11.8. The molecule has 0 amide bonds. The second-order valence-electron chi connectivity index (χ2n) is 2.56. The Balaban J connectivity index is 3.37. The molecule has 1 aromatic carbocycles. The van der Waals surface area contributed by atoms with Crippen molar-refractivity contribution in [1.29, 1.82) is 0 Å². The molecule has 0 unspecified atom stereocenters. The SMILES string of the molecule is Cc1c(F)cc(Br)cc1C(F)(F)F. The third kappa shape index (κ3) is 2.21. The van der Waals surface area contributed by atoms with Gasteiger partial charge < -0.3 is 0 Å². The molecule has 5 heteroatoms. The number of alkyl halides is 3. The lowest BCUT2D eigenvalue weighted by Gasteiger charge is -2.10. The lowest BCUT2D eigenvalue weighted by Crippen LogP contribution is -2.08. The Hall–Kier alpha value is -0.580. The first-order valence-electron chi connectivity index (χ1n) is 3.35. The van der Waals surface area contributed by atoms with Crippen molar-refractivity contribution in [2.45, 2.75) is 13.1 Å². The van der Waals surface area contributed by atoms with Crippen LogP contribution in [-0.4, -0.2) is 0 Å².